The minimum Gasteiger partial charge on any atom is -0.662 e. The fraction of sp³-hybridized carbons (Fsp3) is 0.667. The molecule has 1 saturated carbocycles. The number of nitrogens with zero attached hydrogens (tertiary/aromatic N) is 2. The zero-order chi connectivity index (χ0) is 23.6. The number of piperidine rings is 2. The van der Waals surface area contributed by atoms with Gasteiger partial charge in [0.1, 0.15) is 11.3 Å². The molecule has 8 nitrogen and oxygen atoms in total. The Morgan fingerprint density at radius 3 is 1.52 bits per heavy atom. The van der Waals surface area contributed by atoms with E-state index in [9.17, 15) is 9.59 Å². The Morgan fingerprint density at radius 2 is 1.24 bits per heavy atom. The monoisotopic (exact) mass is 513 g/mol. The smallest absolute Gasteiger partial charge is 0.662 e. The number of carboxylic acid groups (broad SMARTS) is 2. The maximum absolute atomic E-state index is 10.4. The molecule has 4 rings (SSSR count). The molecule has 191 valence electrons. The van der Waals surface area contributed by atoms with Crippen LogP contribution in [0.1, 0.15) is 74.6 Å². The quantitative estimate of drug-likeness (QED) is 0.418. The van der Waals surface area contributed by atoms with Crippen LogP contribution in [0.3, 0.4) is 0 Å². The van der Waals surface area contributed by atoms with Gasteiger partial charge in [-0.2, -0.15) is 0 Å². The Hall–Kier alpha value is -1.64. The fourth-order valence-electron chi connectivity index (χ4n) is 3.53. The number of aliphatic hydroxyl groups excluding tert-OH is 1. The third-order valence-corrected chi connectivity index (χ3v) is 5.45. The van der Waals surface area contributed by atoms with E-state index >= 15 is 0 Å². The maximum atomic E-state index is 10.4. The summed E-state index contributed by atoms with van der Waals surface area (Å²) < 4.78 is 0. The van der Waals surface area contributed by atoms with Gasteiger partial charge >= 0.3 is 29.0 Å². The summed E-state index contributed by atoms with van der Waals surface area (Å²) in [5.41, 5.74) is -0.0671. The van der Waals surface area contributed by atoms with Crippen LogP contribution < -0.4 is 0 Å². The van der Waals surface area contributed by atoms with Gasteiger partial charge in [0.25, 0.3) is 0 Å². The second-order valence-electron chi connectivity index (χ2n) is 8.08. The molecule has 2 aliphatic heterocycles. The van der Waals surface area contributed by atoms with E-state index in [2.05, 4.69) is 10.6 Å². The molecule has 1 aliphatic carbocycles. The average molecular weight is 514 g/mol. The number of aromatic hydroxyl groups is 1. The average Bonchev–Trinajstić information content (AvgIpc) is 2.83. The molecule has 2 unspecified atom stereocenters. The van der Waals surface area contributed by atoms with Crippen LogP contribution in [0.4, 0.5) is 0 Å². The van der Waals surface area contributed by atoms with Gasteiger partial charge in [-0.15, -0.1) is 26.2 Å². The number of benzene rings is 1. The van der Waals surface area contributed by atoms with Crippen LogP contribution in [-0.4, -0.2) is 64.6 Å². The molecule has 4 N–H and O–H groups in total. The molecule has 2 atom stereocenters. The van der Waals surface area contributed by atoms with Crippen molar-refractivity contribution >= 4 is 11.9 Å². The van der Waals surface area contributed by atoms with Crippen LogP contribution in [0.15, 0.2) is 24.3 Å². The molecule has 0 bridgehead atoms. The summed E-state index contributed by atoms with van der Waals surface area (Å²) in [5, 5.41) is 43.4. The fourth-order valence-corrected chi connectivity index (χ4v) is 3.53. The van der Waals surface area contributed by atoms with E-state index in [0.29, 0.717) is 12.8 Å². The normalized spacial score (nSPS) is 21.7. The Balaban J connectivity index is 0.000000420. The minimum atomic E-state index is -1.11. The van der Waals surface area contributed by atoms with Crippen LogP contribution in [0.5, 0.6) is 5.75 Å². The number of carboxylic acids is 2. The molecule has 1 aromatic carbocycles. The minimum absolute atomic E-state index is 0. The summed E-state index contributed by atoms with van der Waals surface area (Å²) in [6.07, 6.45) is 10.7. The summed E-state index contributed by atoms with van der Waals surface area (Å²) in [5.74, 6) is -2.67. The molecule has 0 amide bonds. The molecular weight excluding hydrogens is 476 g/mol. The van der Waals surface area contributed by atoms with Crippen molar-refractivity contribution in [3.8, 4) is 5.75 Å². The largest absolute Gasteiger partial charge is 2.00 e. The Labute approximate surface area is 207 Å². The molecule has 1 radical (unpaired) electrons. The molecule has 0 spiro atoms. The zero-order valence-corrected chi connectivity index (χ0v) is 20.1. The second kappa shape index (κ2) is 19.8. The van der Waals surface area contributed by atoms with Gasteiger partial charge in [0.2, 0.25) is 0 Å². The number of hydrogen-bond acceptors (Lipinski definition) is 4. The standard InChI is InChI=1S/C7H12O3.C7H6O3.2C5H10N.Cu/c2*8-6-4-2-1-3-5(6)7(9)10;2*1-2-4-6-5-3-1;/h5-6,8H,1-4H2,(H,9,10);1-4,8H,(H,9,10);2*1-5H2;/q;;2*-1;+2. The van der Waals surface area contributed by atoms with Crippen LogP contribution in [0.25, 0.3) is 10.6 Å². The third kappa shape index (κ3) is 15.0. The van der Waals surface area contributed by atoms with E-state index in [-0.39, 0.29) is 28.4 Å². The van der Waals surface area contributed by atoms with Crippen molar-refractivity contribution in [1.82, 2.24) is 0 Å². The number of phenols is 1. The van der Waals surface area contributed by atoms with Gasteiger partial charge in [0, 0.05) is 0 Å². The number of aliphatic hydroxyl groups is 1. The van der Waals surface area contributed by atoms with Gasteiger partial charge in [0.05, 0.1) is 12.0 Å². The summed E-state index contributed by atoms with van der Waals surface area (Å²) in [6, 6.07) is 5.81. The van der Waals surface area contributed by atoms with E-state index in [1.165, 1.54) is 50.7 Å². The van der Waals surface area contributed by atoms with Crippen molar-refractivity contribution in [2.75, 3.05) is 26.2 Å². The van der Waals surface area contributed by atoms with Crippen molar-refractivity contribution < 1.29 is 47.1 Å². The van der Waals surface area contributed by atoms with E-state index in [1.807, 2.05) is 0 Å². The molecule has 1 aromatic rings. The number of aromatic carboxylic acids is 1. The zero-order valence-electron chi connectivity index (χ0n) is 19.2. The van der Waals surface area contributed by atoms with Gasteiger partial charge in [-0.1, -0.05) is 63.5 Å². The SMILES string of the molecule is C1CC[N-]CC1.C1CC[N-]CC1.O=C(O)C1CCCCC1O.O=C(O)c1ccccc1O.[Cu+2]. The van der Waals surface area contributed by atoms with E-state index < -0.39 is 24.0 Å². The predicted molar refractivity (Wildman–Crippen MR) is 125 cm³/mol. The summed E-state index contributed by atoms with van der Waals surface area (Å²) in [7, 11) is 0. The molecule has 3 aliphatic rings. The molecule has 2 heterocycles. The summed E-state index contributed by atoms with van der Waals surface area (Å²) in [4.78, 5) is 20.7. The summed E-state index contributed by atoms with van der Waals surface area (Å²) in [6.45, 7) is 4.50. The first-order valence-electron chi connectivity index (χ1n) is 11.6. The third-order valence-electron chi connectivity index (χ3n) is 5.45. The Morgan fingerprint density at radius 1 is 0.758 bits per heavy atom. The van der Waals surface area contributed by atoms with Gasteiger partial charge in [-0.05, 0) is 25.0 Å². The van der Waals surface area contributed by atoms with Crippen molar-refractivity contribution in [2.45, 2.75) is 70.3 Å². The van der Waals surface area contributed by atoms with Gasteiger partial charge in [-0.25, -0.2) is 4.79 Å². The number of aliphatic carboxylic acids is 1. The van der Waals surface area contributed by atoms with Crippen LogP contribution in [-0.2, 0) is 21.9 Å². The van der Waals surface area contributed by atoms with Crippen LogP contribution in [0.2, 0.25) is 0 Å². The van der Waals surface area contributed by atoms with Crippen molar-refractivity contribution in [3.05, 3.63) is 40.5 Å². The first kappa shape index (κ1) is 31.4. The Bertz CT molecular complexity index is 619. The first-order chi connectivity index (χ1) is 15.4. The van der Waals surface area contributed by atoms with Gasteiger partial charge < -0.3 is 31.1 Å². The van der Waals surface area contributed by atoms with E-state index in [1.54, 1.807) is 12.1 Å². The van der Waals surface area contributed by atoms with E-state index in [0.717, 1.165) is 39.0 Å². The van der Waals surface area contributed by atoms with Crippen LogP contribution >= 0.6 is 0 Å². The van der Waals surface area contributed by atoms with Crippen molar-refractivity contribution in [1.29, 1.82) is 0 Å². The van der Waals surface area contributed by atoms with Crippen LogP contribution in [0, 0.1) is 5.92 Å². The molecule has 33 heavy (non-hydrogen) atoms. The van der Waals surface area contributed by atoms with Crippen molar-refractivity contribution in [3.63, 3.8) is 0 Å². The summed E-state index contributed by atoms with van der Waals surface area (Å²) >= 11 is 0. The number of rotatable bonds is 2. The Kier molecular flexibility index (Phi) is 18.8. The molecule has 0 aromatic heterocycles. The molecular formula is C24H38CuN2O6. The predicted octanol–water partition coefficient (Wildman–Crippen LogP) is 4.80. The number of para-hydroxylation sites is 1. The van der Waals surface area contributed by atoms with Gasteiger partial charge in [-0.3, -0.25) is 4.79 Å². The topological polar surface area (TPSA) is 143 Å². The molecule has 3 fully saturated rings. The number of hydrogen-bond donors (Lipinski definition) is 4. The van der Waals surface area contributed by atoms with Gasteiger partial charge in [0.15, 0.2) is 0 Å². The first-order valence-corrected chi connectivity index (χ1v) is 11.6. The second-order valence-corrected chi connectivity index (χ2v) is 8.08. The molecule has 2 saturated heterocycles. The maximum Gasteiger partial charge on any atom is 2.00 e. The number of carbonyl (C=O) groups is 2. The molecule has 9 heteroatoms. The van der Waals surface area contributed by atoms with E-state index in [4.69, 9.17) is 20.4 Å². The van der Waals surface area contributed by atoms with Crippen molar-refractivity contribution in [2.24, 2.45) is 5.92 Å².